The van der Waals surface area contributed by atoms with E-state index in [1.807, 2.05) is 0 Å². The minimum absolute atomic E-state index is 0.312. The number of rotatable bonds is 1. The normalized spacial score (nSPS) is 19.7. The molecule has 1 aliphatic carbocycles. The molecule has 0 spiro atoms. The zero-order valence-corrected chi connectivity index (χ0v) is 15.9. The molecule has 1 N–H and O–H groups in total. The summed E-state index contributed by atoms with van der Waals surface area (Å²) in [5.74, 6) is 0.949. The van der Waals surface area contributed by atoms with Crippen molar-refractivity contribution in [1.29, 1.82) is 0 Å². The fourth-order valence-corrected chi connectivity index (χ4v) is 4.54. The maximum Gasteiger partial charge on any atom is 0.143 e. The molecule has 3 heteroatoms. The Hall–Kier alpha value is -0.0200. The van der Waals surface area contributed by atoms with Crippen LogP contribution in [0, 0.1) is 0 Å². The van der Waals surface area contributed by atoms with Crippen molar-refractivity contribution in [3.8, 4) is 5.75 Å². The van der Waals surface area contributed by atoms with Gasteiger partial charge in [-0.05, 0) is 68.3 Å². The molecule has 0 unspecified atom stereocenters. The van der Waals surface area contributed by atoms with Crippen molar-refractivity contribution in [2.75, 3.05) is 0 Å². The highest BCUT2D eigenvalue weighted by atomic mass is 79.9. The van der Waals surface area contributed by atoms with Gasteiger partial charge in [0.15, 0.2) is 0 Å². The zero-order chi connectivity index (χ0) is 15.1. The molecule has 0 heterocycles. The summed E-state index contributed by atoms with van der Waals surface area (Å²) in [5.41, 5.74) is 1.36. The summed E-state index contributed by atoms with van der Waals surface area (Å²) in [4.78, 5) is 0. The van der Waals surface area contributed by atoms with Crippen LogP contribution in [0.3, 0.4) is 0 Å². The second kappa shape index (κ2) is 9.19. The number of halogens is 2. The highest BCUT2D eigenvalue weighted by Crippen LogP contribution is 2.38. The lowest BCUT2D eigenvalue weighted by Crippen LogP contribution is -2.01. The summed E-state index contributed by atoms with van der Waals surface area (Å²) >= 11 is 6.94. The van der Waals surface area contributed by atoms with Gasteiger partial charge in [-0.2, -0.15) is 0 Å². The quantitative estimate of drug-likeness (QED) is 0.507. The second-order valence-electron chi connectivity index (χ2n) is 6.29. The lowest BCUT2D eigenvalue weighted by atomic mass is 9.87. The van der Waals surface area contributed by atoms with Crippen molar-refractivity contribution in [3.05, 3.63) is 26.6 Å². The van der Waals surface area contributed by atoms with Gasteiger partial charge in [0.1, 0.15) is 5.75 Å². The van der Waals surface area contributed by atoms with Crippen molar-refractivity contribution in [3.63, 3.8) is 0 Å². The van der Waals surface area contributed by atoms with Crippen LogP contribution in [-0.4, -0.2) is 5.11 Å². The predicted molar refractivity (Wildman–Crippen MR) is 97.0 cm³/mol. The molecule has 1 saturated carbocycles. The van der Waals surface area contributed by atoms with Crippen LogP contribution < -0.4 is 0 Å². The third-order valence-corrected chi connectivity index (χ3v) is 5.82. The van der Waals surface area contributed by atoms with Crippen molar-refractivity contribution >= 4 is 31.9 Å². The Balaban J connectivity index is 2.06. The maximum atomic E-state index is 9.89. The highest BCUT2D eigenvalue weighted by molar-refractivity contribution is 9.11. The fraction of sp³-hybridized carbons (Fsp3) is 0.667. The number of aromatic hydroxyl groups is 1. The number of benzene rings is 1. The molecule has 0 atom stereocenters. The predicted octanol–water partition coefficient (Wildman–Crippen LogP) is 7.31. The first-order chi connectivity index (χ1) is 10.2. The fourth-order valence-electron chi connectivity index (χ4n) is 3.32. The number of hydrogen-bond acceptors (Lipinski definition) is 1. The molecule has 1 fully saturated rings. The van der Waals surface area contributed by atoms with Gasteiger partial charge in [0.25, 0.3) is 0 Å². The summed E-state index contributed by atoms with van der Waals surface area (Å²) in [6, 6.07) is 4.22. The van der Waals surface area contributed by atoms with Crippen LogP contribution in [-0.2, 0) is 0 Å². The van der Waals surface area contributed by atoms with Gasteiger partial charge in [-0.1, -0.05) is 57.8 Å². The molecule has 0 amide bonds. The van der Waals surface area contributed by atoms with Crippen LogP contribution in [0.2, 0.25) is 0 Å². The van der Waals surface area contributed by atoms with Gasteiger partial charge in [0.2, 0.25) is 0 Å². The molecular formula is C18H26Br2O. The SMILES string of the molecule is Oc1c(Br)cc(C2CCCCCCCCCCC2)cc1Br. The summed E-state index contributed by atoms with van der Waals surface area (Å²) in [5, 5.41) is 9.89. The molecule has 21 heavy (non-hydrogen) atoms. The smallest absolute Gasteiger partial charge is 0.143 e. The third-order valence-electron chi connectivity index (χ3n) is 4.62. The second-order valence-corrected chi connectivity index (χ2v) is 8.00. The number of hydrogen-bond donors (Lipinski definition) is 1. The molecule has 0 bridgehead atoms. The van der Waals surface area contributed by atoms with Crippen molar-refractivity contribution in [1.82, 2.24) is 0 Å². The molecular weight excluding hydrogens is 392 g/mol. The van der Waals surface area contributed by atoms with Gasteiger partial charge in [0.05, 0.1) is 8.95 Å². The van der Waals surface area contributed by atoms with Crippen LogP contribution in [0.25, 0.3) is 0 Å². The average molecular weight is 418 g/mol. The van der Waals surface area contributed by atoms with Gasteiger partial charge in [-0.25, -0.2) is 0 Å². The van der Waals surface area contributed by atoms with Crippen molar-refractivity contribution < 1.29 is 5.11 Å². The van der Waals surface area contributed by atoms with Gasteiger partial charge < -0.3 is 5.11 Å². The van der Waals surface area contributed by atoms with Crippen LogP contribution in [0.1, 0.15) is 82.1 Å². The standard InChI is InChI=1S/C18H26Br2O/c19-16-12-15(13-17(20)18(16)21)14-10-8-6-4-2-1-3-5-7-9-11-14/h12-14,21H,1-11H2. The first kappa shape index (κ1) is 17.3. The molecule has 1 nitrogen and oxygen atoms in total. The molecule has 1 aromatic rings. The summed E-state index contributed by atoms with van der Waals surface area (Å²) in [7, 11) is 0. The summed E-state index contributed by atoms with van der Waals surface area (Å²) in [6.45, 7) is 0. The largest absolute Gasteiger partial charge is 0.506 e. The van der Waals surface area contributed by atoms with Gasteiger partial charge in [-0.3, -0.25) is 0 Å². The molecule has 1 aliphatic rings. The van der Waals surface area contributed by atoms with Gasteiger partial charge in [0, 0.05) is 0 Å². The summed E-state index contributed by atoms with van der Waals surface area (Å²) < 4.78 is 1.61. The van der Waals surface area contributed by atoms with Gasteiger partial charge in [-0.15, -0.1) is 0 Å². The van der Waals surface area contributed by atoms with E-state index < -0.39 is 0 Å². The van der Waals surface area contributed by atoms with Crippen LogP contribution in [0.5, 0.6) is 5.75 Å². The Kier molecular flexibility index (Phi) is 7.59. The van der Waals surface area contributed by atoms with E-state index in [1.165, 1.54) is 76.2 Å². The Morgan fingerprint density at radius 2 is 1.10 bits per heavy atom. The van der Waals surface area contributed by atoms with Crippen molar-refractivity contribution in [2.24, 2.45) is 0 Å². The van der Waals surface area contributed by atoms with E-state index >= 15 is 0 Å². The van der Waals surface area contributed by atoms with E-state index in [4.69, 9.17) is 0 Å². The van der Waals surface area contributed by atoms with E-state index in [-0.39, 0.29) is 0 Å². The molecule has 0 saturated heterocycles. The Labute approximate surface area is 145 Å². The molecule has 1 aromatic carbocycles. The average Bonchev–Trinajstić information content (AvgIpc) is 2.45. The number of phenols is 1. The number of phenolic OH excluding ortho intramolecular Hbond substituents is 1. The first-order valence-electron chi connectivity index (χ1n) is 8.36. The Morgan fingerprint density at radius 3 is 1.52 bits per heavy atom. The maximum absolute atomic E-state index is 9.89. The van der Waals surface area contributed by atoms with Crippen LogP contribution >= 0.6 is 31.9 Å². The highest BCUT2D eigenvalue weighted by Gasteiger charge is 2.15. The van der Waals surface area contributed by atoms with E-state index in [0.717, 1.165) is 8.95 Å². The van der Waals surface area contributed by atoms with Crippen LogP contribution in [0.4, 0.5) is 0 Å². The topological polar surface area (TPSA) is 20.2 Å². The van der Waals surface area contributed by atoms with Gasteiger partial charge >= 0.3 is 0 Å². The van der Waals surface area contributed by atoms with Crippen LogP contribution in [0.15, 0.2) is 21.1 Å². The Bertz CT molecular complexity index is 410. The van der Waals surface area contributed by atoms with Crippen molar-refractivity contribution in [2.45, 2.75) is 76.5 Å². The van der Waals surface area contributed by atoms with E-state index in [9.17, 15) is 5.11 Å². The zero-order valence-electron chi connectivity index (χ0n) is 12.7. The monoisotopic (exact) mass is 416 g/mol. The van der Waals surface area contributed by atoms with E-state index in [2.05, 4.69) is 44.0 Å². The molecule has 0 aliphatic heterocycles. The molecule has 2 rings (SSSR count). The van der Waals surface area contributed by atoms with E-state index in [1.54, 1.807) is 0 Å². The van der Waals surface area contributed by atoms with E-state index in [0.29, 0.717) is 11.7 Å². The third kappa shape index (κ3) is 5.59. The minimum Gasteiger partial charge on any atom is -0.506 e. The Morgan fingerprint density at radius 1 is 0.714 bits per heavy atom. The molecule has 0 aromatic heterocycles. The lowest BCUT2D eigenvalue weighted by molar-refractivity contribution is 0.459. The summed E-state index contributed by atoms with van der Waals surface area (Å²) in [6.07, 6.45) is 15.0. The molecule has 118 valence electrons. The lowest BCUT2D eigenvalue weighted by Gasteiger charge is -2.19. The molecule has 0 radical (unpaired) electrons. The minimum atomic E-state index is 0.312. The first-order valence-corrected chi connectivity index (χ1v) is 9.95.